The molecule has 7 nitrogen and oxygen atoms in total. The molecule has 12 heteroatoms. The van der Waals surface area contributed by atoms with E-state index in [4.69, 9.17) is 15.1 Å². The normalized spacial score (nSPS) is 17.7. The molecule has 4 atom stereocenters. The quantitative estimate of drug-likeness (QED) is 0.113. The Morgan fingerprint density at radius 2 is 1.30 bits per heavy atom. The number of rotatable bonds is 12. The van der Waals surface area contributed by atoms with Crippen molar-refractivity contribution >= 4 is 16.7 Å². The molecule has 3 heterocycles. The molecule has 4 aromatic rings. The van der Waals surface area contributed by atoms with E-state index in [-0.39, 0.29) is 29.0 Å². The van der Waals surface area contributed by atoms with Gasteiger partial charge in [-0.1, -0.05) is 109 Å². The molecule has 2 aromatic carbocycles. The van der Waals surface area contributed by atoms with Crippen LogP contribution in [0.5, 0.6) is 0 Å². The van der Waals surface area contributed by atoms with Gasteiger partial charge in [-0.25, -0.2) is 31.9 Å². The van der Waals surface area contributed by atoms with Crippen molar-refractivity contribution < 1.29 is 26.7 Å². The number of hydrogen-bond acceptors (Lipinski definition) is 6. The first-order valence-corrected chi connectivity index (χ1v) is 26.3. The molecule has 1 N–H and O–H groups in total. The first-order chi connectivity index (χ1) is 32.7. The minimum absolute atomic E-state index is 0.00430. The van der Waals surface area contributed by atoms with Crippen molar-refractivity contribution in [3.05, 3.63) is 97.7 Å². The van der Waals surface area contributed by atoms with Crippen LogP contribution in [0, 0.1) is 43.7 Å². The summed E-state index contributed by atoms with van der Waals surface area (Å²) in [6.45, 7) is 41.4. The molecule has 69 heavy (non-hydrogen) atoms. The van der Waals surface area contributed by atoms with E-state index in [0.29, 0.717) is 58.7 Å². The number of benzene rings is 2. The van der Waals surface area contributed by atoms with E-state index < -0.39 is 60.4 Å². The van der Waals surface area contributed by atoms with Crippen molar-refractivity contribution in [3.8, 4) is 5.69 Å². The van der Waals surface area contributed by atoms with Gasteiger partial charge in [0.25, 0.3) is 5.56 Å². The standard InChI is InChI=1S/C35H37F5N4O.C12H25NO.5C2H6/c1-6-7-24(15-23-16-25(36)18-26(37)17-23)32-43-31-30(20(3)14-28(42-31)34(38)10-12-35(39,40)13-11-34)33(45)44(32)27-9-8-19(2)29(21(27)4)22(5)41;1-5-6-10(2)7-13-8-11(3)14-12(4)9-13;5*1-2/h8-9,14,16-18,24,41H,6-7,10-13,15H2,1-5H3;10-12H,5-9H2,1-4H3;5*1-2H3. The van der Waals surface area contributed by atoms with Gasteiger partial charge in [-0.05, 0) is 126 Å². The number of nitrogens with zero attached hydrogens (tertiary/aromatic N) is 4. The summed E-state index contributed by atoms with van der Waals surface area (Å²) in [5.41, 5.74) is 1.26. The third-order valence-electron chi connectivity index (χ3n) is 11.8. The largest absolute Gasteiger partial charge is 0.373 e. The van der Waals surface area contributed by atoms with Gasteiger partial charge in [-0.3, -0.25) is 14.3 Å². The summed E-state index contributed by atoms with van der Waals surface area (Å²) in [5, 5.41) is 8.54. The number of alkyl halides is 3. The molecule has 0 amide bonds. The molecule has 1 saturated carbocycles. The van der Waals surface area contributed by atoms with E-state index in [9.17, 15) is 22.4 Å². The van der Waals surface area contributed by atoms with Crippen molar-refractivity contribution in [1.29, 1.82) is 5.41 Å². The zero-order valence-electron chi connectivity index (χ0n) is 46.3. The van der Waals surface area contributed by atoms with Gasteiger partial charge in [0.05, 0.1) is 29.0 Å². The van der Waals surface area contributed by atoms with Gasteiger partial charge in [-0.2, -0.15) is 0 Å². The molecular formula is C57H92F5N5O2. The summed E-state index contributed by atoms with van der Waals surface area (Å²) in [6, 6.07) is 8.35. The number of hydrogen-bond donors (Lipinski definition) is 1. The van der Waals surface area contributed by atoms with E-state index in [2.05, 4.69) is 37.6 Å². The second kappa shape index (κ2) is 32.0. The van der Waals surface area contributed by atoms with Gasteiger partial charge < -0.3 is 10.1 Å². The average molecular weight is 974 g/mol. The fraction of sp³-hybridized carbons (Fsp3) is 0.649. The molecule has 1 saturated heterocycles. The average Bonchev–Trinajstić information content (AvgIpc) is 3.30. The monoisotopic (exact) mass is 974 g/mol. The topological polar surface area (TPSA) is 84.1 Å². The molecule has 0 bridgehead atoms. The summed E-state index contributed by atoms with van der Waals surface area (Å²) in [4.78, 5) is 26.5. The predicted octanol–water partition coefficient (Wildman–Crippen LogP) is 16.5. The Morgan fingerprint density at radius 3 is 1.80 bits per heavy atom. The second-order valence-corrected chi connectivity index (χ2v) is 17.3. The molecule has 2 aromatic heterocycles. The number of pyridine rings is 1. The van der Waals surface area contributed by atoms with Crippen molar-refractivity contribution in [2.45, 2.75) is 219 Å². The van der Waals surface area contributed by atoms with Crippen molar-refractivity contribution in [2.24, 2.45) is 5.92 Å². The minimum Gasteiger partial charge on any atom is -0.373 e. The summed E-state index contributed by atoms with van der Waals surface area (Å²) in [5.74, 6) is -3.78. The Labute approximate surface area is 415 Å². The summed E-state index contributed by atoms with van der Waals surface area (Å²) < 4.78 is 79.7. The van der Waals surface area contributed by atoms with Gasteiger partial charge in [0.1, 0.15) is 17.5 Å². The summed E-state index contributed by atoms with van der Waals surface area (Å²) >= 11 is 0. The maximum absolute atomic E-state index is 16.2. The highest BCUT2D eigenvalue weighted by Crippen LogP contribution is 2.46. The SMILES string of the molecule is CC.CC.CC.CC.CC.CCCC(C)CN1CC(C)OC(C)C1.CCCC(Cc1cc(F)cc(F)c1)c1nc2nc(C3(F)CCC(F)(F)CC3)cc(C)c2c(=O)n1-c1ccc(C)c(C(C)=N)c1C. The fourth-order valence-electron chi connectivity index (χ4n) is 9.18. The van der Waals surface area contributed by atoms with Crippen LogP contribution in [0.15, 0.2) is 41.2 Å². The summed E-state index contributed by atoms with van der Waals surface area (Å²) in [7, 11) is 0. The van der Waals surface area contributed by atoms with Gasteiger partial charge in [0.2, 0.25) is 5.92 Å². The number of aryl methyl sites for hydroxylation is 2. The molecule has 0 radical (unpaired) electrons. The van der Waals surface area contributed by atoms with Crippen molar-refractivity contribution in [3.63, 3.8) is 0 Å². The molecular weight excluding hydrogens is 882 g/mol. The Hall–Kier alpha value is -4.03. The lowest BCUT2D eigenvalue weighted by atomic mass is 9.81. The zero-order valence-corrected chi connectivity index (χ0v) is 46.3. The highest BCUT2D eigenvalue weighted by molar-refractivity contribution is 5.99. The van der Waals surface area contributed by atoms with Crippen LogP contribution in [0.3, 0.4) is 0 Å². The molecule has 6 rings (SSSR count). The van der Waals surface area contributed by atoms with E-state index in [0.717, 1.165) is 30.6 Å². The predicted molar refractivity (Wildman–Crippen MR) is 283 cm³/mol. The van der Waals surface area contributed by atoms with E-state index in [1.165, 1.54) is 42.2 Å². The lowest BCUT2D eigenvalue weighted by molar-refractivity contribution is -0.0784. The molecule has 1 aliphatic heterocycles. The van der Waals surface area contributed by atoms with Crippen LogP contribution in [0.25, 0.3) is 16.7 Å². The van der Waals surface area contributed by atoms with Crippen molar-refractivity contribution in [2.75, 3.05) is 19.6 Å². The first-order valence-electron chi connectivity index (χ1n) is 26.3. The molecule has 2 aliphatic rings. The number of ether oxygens (including phenoxy) is 1. The smallest absolute Gasteiger partial charge is 0.267 e. The van der Waals surface area contributed by atoms with Crippen LogP contribution < -0.4 is 5.56 Å². The second-order valence-electron chi connectivity index (χ2n) is 17.3. The number of morpholine rings is 1. The summed E-state index contributed by atoms with van der Waals surface area (Å²) in [6.07, 6.45) is 2.76. The Kier molecular flexibility index (Phi) is 30.2. The highest BCUT2D eigenvalue weighted by Gasteiger charge is 2.46. The van der Waals surface area contributed by atoms with Crippen LogP contribution >= 0.6 is 0 Å². The van der Waals surface area contributed by atoms with Crippen LogP contribution in [-0.2, 0) is 16.8 Å². The van der Waals surface area contributed by atoms with Crippen LogP contribution in [0.1, 0.15) is 207 Å². The Balaban J connectivity index is 0.00000161. The molecule has 2 fully saturated rings. The van der Waals surface area contributed by atoms with Crippen LogP contribution in [0.2, 0.25) is 0 Å². The van der Waals surface area contributed by atoms with Gasteiger partial charge in [0, 0.05) is 55.7 Å². The Bertz CT molecular complexity index is 2150. The molecule has 0 spiro atoms. The van der Waals surface area contributed by atoms with E-state index in [1.807, 2.05) is 96.1 Å². The number of nitrogens with one attached hydrogen (secondary N) is 1. The highest BCUT2D eigenvalue weighted by atomic mass is 19.3. The lowest BCUT2D eigenvalue weighted by Crippen LogP contribution is -2.46. The lowest BCUT2D eigenvalue weighted by Gasteiger charge is -2.36. The number of fused-ring (bicyclic) bond motifs is 1. The maximum Gasteiger partial charge on any atom is 0.267 e. The van der Waals surface area contributed by atoms with Gasteiger partial charge in [0.15, 0.2) is 11.3 Å². The molecule has 4 unspecified atom stereocenters. The minimum atomic E-state index is -2.94. The molecule has 392 valence electrons. The number of aromatic nitrogens is 3. The fourth-order valence-corrected chi connectivity index (χ4v) is 9.18. The Morgan fingerprint density at radius 1 is 0.783 bits per heavy atom. The number of halogens is 5. The van der Waals surface area contributed by atoms with Crippen molar-refractivity contribution in [1.82, 2.24) is 19.4 Å². The first kappa shape index (κ1) is 65.0. The van der Waals surface area contributed by atoms with E-state index in [1.54, 1.807) is 19.9 Å². The third kappa shape index (κ3) is 18.6. The maximum atomic E-state index is 16.2. The third-order valence-corrected chi connectivity index (χ3v) is 11.8. The van der Waals surface area contributed by atoms with Crippen LogP contribution in [-0.4, -0.2) is 62.9 Å². The van der Waals surface area contributed by atoms with Crippen LogP contribution in [0.4, 0.5) is 22.0 Å². The molecule has 1 aliphatic carbocycles. The zero-order chi connectivity index (χ0) is 53.4. The van der Waals surface area contributed by atoms with Gasteiger partial charge in [-0.15, -0.1) is 0 Å². The van der Waals surface area contributed by atoms with E-state index >= 15 is 4.39 Å². The van der Waals surface area contributed by atoms with Gasteiger partial charge >= 0.3 is 0 Å².